The second-order valence-electron chi connectivity index (χ2n) is 12.2. The van der Waals surface area contributed by atoms with E-state index >= 15 is 0 Å². The third-order valence-electron chi connectivity index (χ3n) is 9.81. The molecule has 0 saturated carbocycles. The molecular formula is C33H36N6O5. The summed E-state index contributed by atoms with van der Waals surface area (Å²) in [4.78, 5) is 48.4. The normalized spacial score (nSPS) is 30.4. The van der Waals surface area contributed by atoms with Gasteiger partial charge in [-0.2, -0.15) is 0 Å². The second-order valence-corrected chi connectivity index (χ2v) is 12.2. The first-order valence-corrected chi connectivity index (χ1v) is 15.2. The number of para-hydroxylation sites is 1. The summed E-state index contributed by atoms with van der Waals surface area (Å²) in [6.07, 6.45) is 8.31. The van der Waals surface area contributed by atoms with Gasteiger partial charge in [-0.05, 0) is 30.5 Å². The molecule has 1 aromatic heterocycles. The molecule has 2 saturated heterocycles. The fourth-order valence-corrected chi connectivity index (χ4v) is 7.71. The van der Waals surface area contributed by atoms with Gasteiger partial charge in [-0.1, -0.05) is 78.9 Å². The van der Waals surface area contributed by atoms with Gasteiger partial charge in [0.2, 0.25) is 11.8 Å². The van der Waals surface area contributed by atoms with Gasteiger partial charge >= 0.3 is 0 Å². The largest absolute Gasteiger partial charge is 0.394 e. The Morgan fingerprint density at radius 2 is 1.70 bits per heavy atom. The predicted molar refractivity (Wildman–Crippen MR) is 161 cm³/mol. The number of nitrogens with zero attached hydrogens (tertiary/aromatic N) is 6. The smallest absolute Gasteiger partial charge is 0.250 e. The Balaban J connectivity index is 1.35. The third-order valence-corrected chi connectivity index (χ3v) is 9.81. The molecule has 1 spiro atoms. The van der Waals surface area contributed by atoms with Crippen molar-refractivity contribution in [2.45, 2.75) is 49.7 Å². The van der Waals surface area contributed by atoms with Crippen LogP contribution in [0.3, 0.4) is 0 Å². The molecule has 4 aliphatic rings. The molecule has 4 aliphatic heterocycles. The standard InChI is InChI=1S/C33H36N6O5/c1-3-32-15-9-17-36(2)29(41)26(32)27-30(42)39(23(20-40)19-22-11-5-4-6-12-22)28-31(43)37(18-10-16-33(27,28)44-32)21-38-25-14-8-7-13-24(25)34-35-38/h4-16,23,26-28,40H,3,17-21H2,1-2H3/t23-,26-,27+,28?,32+,33+/m1/s1. The maximum absolute atomic E-state index is 14.8. The van der Waals surface area contributed by atoms with Crippen LogP contribution in [0.4, 0.5) is 0 Å². The van der Waals surface area contributed by atoms with Crippen molar-refractivity contribution in [1.82, 2.24) is 29.7 Å². The van der Waals surface area contributed by atoms with Crippen molar-refractivity contribution in [1.29, 1.82) is 0 Å². The summed E-state index contributed by atoms with van der Waals surface area (Å²) in [5.74, 6) is -2.64. The number of benzene rings is 2. The van der Waals surface area contributed by atoms with E-state index in [1.54, 1.807) is 21.5 Å². The summed E-state index contributed by atoms with van der Waals surface area (Å²) < 4.78 is 8.68. The number of carbonyl (C=O) groups excluding carboxylic acids is 3. The van der Waals surface area contributed by atoms with Gasteiger partial charge in [0.25, 0.3) is 5.91 Å². The zero-order valence-corrected chi connectivity index (χ0v) is 24.8. The SMILES string of the molecule is CC[C@]12C=CCN(C)C(=O)[C@H]1[C@H]1C(=O)N([C@@H](CO)Cc3ccccc3)C3C(=O)N(Cn4nnc5ccccc54)CC=C[C@@]31O2. The van der Waals surface area contributed by atoms with Gasteiger partial charge in [0.1, 0.15) is 23.8 Å². The van der Waals surface area contributed by atoms with Crippen LogP contribution in [0.5, 0.6) is 0 Å². The molecular weight excluding hydrogens is 560 g/mol. The van der Waals surface area contributed by atoms with Gasteiger partial charge in [-0.25, -0.2) is 4.68 Å². The lowest BCUT2D eigenvalue weighted by Gasteiger charge is -2.40. The summed E-state index contributed by atoms with van der Waals surface area (Å²) >= 11 is 0. The van der Waals surface area contributed by atoms with Gasteiger partial charge in [-0.15, -0.1) is 5.10 Å². The minimum atomic E-state index is -1.41. The Labute approximate surface area is 255 Å². The molecule has 2 aromatic carbocycles. The van der Waals surface area contributed by atoms with Crippen LogP contribution in [0, 0.1) is 11.8 Å². The number of amides is 3. The average Bonchev–Trinajstić information content (AvgIpc) is 3.59. The zero-order chi connectivity index (χ0) is 30.6. The van der Waals surface area contributed by atoms with Crippen molar-refractivity contribution in [2.75, 3.05) is 26.7 Å². The van der Waals surface area contributed by atoms with E-state index in [0.29, 0.717) is 24.9 Å². The Morgan fingerprint density at radius 1 is 0.955 bits per heavy atom. The van der Waals surface area contributed by atoms with Crippen molar-refractivity contribution >= 4 is 28.8 Å². The van der Waals surface area contributed by atoms with E-state index in [0.717, 1.165) is 11.1 Å². The van der Waals surface area contributed by atoms with Crippen molar-refractivity contribution in [3.05, 3.63) is 84.5 Å². The number of fused-ring (bicyclic) bond motifs is 3. The molecule has 11 nitrogen and oxygen atoms in total. The van der Waals surface area contributed by atoms with Gasteiger partial charge in [0.05, 0.1) is 35.6 Å². The van der Waals surface area contributed by atoms with Gasteiger partial charge < -0.3 is 24.5 Å². The quantitative estimate of drug-likeness (QED) is 0.413. The highest BCUT2D eigenvalue weighted by Gasteiger charge is 2.75. The van der Waals surface area contributed by atoms with Gasteiger partial charge in [0, 0.05) is 20.1 Å². The van der Waals surface area contributed by atoms with Gasteiger partial charge in [-0.3, -0.25) is 14.4 Å². The van der Waals surface area contributed by atoms with E-state index in [1.807, 2.05) is 85.8 Å². The Hall–Kier alpha value is -4.35. The second kappa shape index (κ2) is 10.7. The van der Waals surface area contributed by atoms with E-state index < -0.39 is 35.1 Å². The molecule has 0 radical (unpaired) electrons. The number of carbonyl (C=O) groups is 3. The topological polar surface area (TPSA) is 121 Å². The maximum Gasteiger partial charge on any atom is 0.250 e. The van der Waals surface area contributed by atoms with Crippen molar-refractivity contribution in [3.8, 4) is 0 Å². The predicted octanol–water partition coefficient (Wildman–Crippen LogP) is 1.78. The average molecular weight is 597 g/mol. The van der Waals surface area contributed by atoms with E-state index in [4.69, 9.17) is 4.74 Å². The van der Waals surface area contributed by atoms with E-state index in [1.165, 1.54) is 4.90 Å². The molecule has 3 aromatic rings. The number of hydrogen-bond donors (Lipinski definition) is 1. The highest BCUT2D eigenvalue weighted by molar-refractivity contribution is 6.00. The molecule has 7 rings (SSSR count). The third kappa shape index (κ3) is 4.13. The molecule has 0 aliphatic carbocycles. The fourth-order valence-electron chi connectivity index (χ4n) is 7.71. The summed E-state index contributed by atoms with van der Waals surface area (Å²) in [6.45, 7) is 2.35. The van der Waals surface area contributed by atoms with Crippen LogP contribution in [-0.2, 0) is 32.2 Å². The number of likely N-dealkylation sites (tertiary alicyclic amines) is 1. The molecule has 44 heavy (non-hydrogen) atoms. The lowest BCUT2D eigenvalue weighted by molar-refractivity contribution is -0.157. The van der Waals surface area contributed by atoms with E-state index in [9.17, 15) is 19.5 Å². The molecule has 3 amide bonds. The number of aliphatic hydroxyl groups is 1. The number of rotatable bonds is 7. The fraction of sp³-hybridized carbons (Fsp3) is 0.424. The molecule has 228 valence electrons. The Morgan fingerprint density at radius 3 is 2.48 bits per heavy atom. The monoisotopic (exact) mass is 596 g/mol. The molecule has 5 heterocycles. The first kappa shape index (κ1) is 28.4. The van der Waals surface area contributed by atoms with Crippen molar-refractivity contribution in [3.63, 3.8) is 0 Å². The lowest BCUT2D eigenvalue weighted by Crippen LogP contribution is -2.59. The first-order valence-electron chi connectivity index (χ1n) is 15.2. The molecule has 1 unspecified atom stereocenters. The van der Waals surface area contributed by atoms with Gasteiger partial charge in [0.15, 0.2) is 0 Å². The molecule has 6 atom stereocenters. The molecule has 2 fully saturated rings. The highest BCUT2D eigenvalue weighted by atomic mass is 16.5. The number of aliphatic hydroxyl groups excluding tert-OH is 1. The molecule has 1 N–H and O–H groups in total. The van der Waals surface area contributed by atoms with Crippen LogP contribution in [0.25, 0.3) is 11.0 Å². The first-order chi connectivity index (χ1) is 21.3. The summed E-state index contributed by atoms with van der Waals surface area (Å²) in [5.41, 5.74) is -0.0500. The lowest BCUT2D eigenvalue weighted by atomic mass is 9.73. The van der Waals surface area contributed by atoms with E-state index in [-0.39, 0.29) is 37.5 Å². The maximum atomic E-state index is 14.8. The summed E-state index contributed by atoms with van der Waals surface area (Å²) in [7, 11) is 1.72. The molecule has 0 bridgehead atoms. The van der Waals surface area contributed by atoms with Crippen LogP contribution in [0.2, 0.25) is 0 Å². The number of aromatic nitrogens is 3. The summed E-state index contributed by atoms with van der Waals surface area (Å²) in [5, 5.41) is 19.3. The minimum absolute atomic E-state index is 0.107. The zero-order valence-electron chi connectivity index (χ0n) is 24.8. The number of likely N-dealkylation sites (N-methyl/N-ethyl adjacent to an activating group) is 1. The van der Waals surface area contributed by atoms with Crippen molar-refractivity contribution in [2.24, 2.45) is 11.8 Å². The van der Waals surface area contributed by atoms with Crippen LogP contribution < -0.4 is 0 Å². The Bertz CT molecular complexity index is 1670. The highest BCUT2D eigenvalue weighted by Crippen LogP contribution is 2.59. The molecule has 11 heteroatoms. The van der Waals surface area contributed by atoms with Crippen LogP contribution in [0.1, 0.15) is 18.9 Å². The van der Waals surface area contributed by atoms with Crippen molar-refractivity contribution < 1.29 is 24.2 Å². The minimum Gasteiger partial charge on any atom is -0.394 e. The van der Waals surface area contributed by atoms with Crippen LogP contribution in [0.15, 0.2) is 78.9 Å². The van der Waals surface area contributed by atoms with E-state index in [2.05, 4.69) is 10.3 Å². The van der Waals surface area contributed by atoms with Crippen LogP contribution in [-0.4, -0.2) is 103 Å². The Kier molecular flexibility index (Phi) is 6.89. The number of hydrogen-bond acceptors (Lipinski definition) is 7. The number of ether oxygens (including phenoxy) is 1. The summed E-state index contributed by atoms with van der Waals surface area (Å²) in [6, 6.07) is 15.3. The van der Waals surface area contributed by atoms with Crippen LogP contribution >= 0.6 is 0 Å².